The van der Waals surface area contributed by atoms with Crippen LogP contribution in [0.25, 0.3) is 0 Å². The summed E-state index contributed by atoms with van der Waals surface area (Å²) in [6, 6.07) is 7.68. The molecule has 0 N–H and O–H groups in total. The number of rotatable bonds is 0. The van der Waals surface area contributed by atoms with Crippen LogP contribution in [0.5, 0.6) is 11.5 Å². The molecule has 112 valence electrons. The minimum Gasteiger partial charge on any atom is -0.490 e. The molecule has 0 unspecified atom stereocenters. The molecule has 0 radical (unpaired) electrons. The topological polar surface area (TPSA) is 46.2 Å². The first-order chi connectivity index (χ1) is 9.97. The van der Waals surface area contributed by atoms with Gasteiger partial charge in [0, 0.05) is 13.0 Å². The van der Waals surface area contributed by atoms with Gasteiger partial charge in [-0.2, -0.15) is 0 Å². The Hall–Kier alpha value is -1.30. The van der Waals surface area contributed by atoms with Crippen LogP contribution in [0, 0.1) is 0 Å². The van der Waals surface area contributed by atoms with E-state index < -0.39 is 0 Å². The zero-order valence-corrected chi connectivity index (χ0v) is 11.7. The van der Waals surface area contributed by atoms with Gasteiger partial charge in [0.2, 0.25) is 0 Å². The minimum atomic E-state index is 0.503. The molecule has 0 bridgehead atoms. The van der Waals surface area contributed by atoms with Crippen LogP contribution in [-0.4, -0.2) is 52.9 Å². The average Bonchev–Trinajstić information content (AvgIpc) is 2.47. The van der Waals surface area contributed by atoms with E-state index in [4.69, 9.17) is 23.7 Å². The van der Waals surface area contributed by atoms with E-state index in [0.29, 0.717) is 52.9 Å². The quantitative estimate of drug-likeness (QED) is 0.727. The largest absolute Gasteiger partial charge is 0.490 e. The van der Waals surface area contributed by atoms with Crippen molar-refractivity contribution in [2.24, 2.45) is 0 Å². The molecule has 0 saturated carbocycles. The molecule has 20 heavy (non-hydrogen) atoms. The second-order valence-electron chi connectivity index (χ2n) is 4.33. The normalized spacial score (nSPS) is 19.4. The fraction of sp³-hybridized carbons (Fsp3) is 0.600. The van der Waals surface area contributed by atoms with E-state index in [9.17, 15) is 0 Å². The third-order valence-corrected chi connectivity index (χ3v) is 2.77. The molecule has 1 aliphatic rings. The summed E-state index contributed by atoms with van der Waals surface area (Å²) < 4.78 is 27.6. The van der Waals surface area contributed by atoms with Crippen molar-refractivity contribution in [2.45, 2.75) is 6.42 Å². The first-order valence-corrected chi connectivity index (χ1v) is 7.04. The van der Waals surface area contributed by atoms with Crippen LogP contribution < -0.4 is 9.47 Å². The molecule has 0 atom stereocenters. The van der Waals surface area contributed by atoms with E-state index in [1.807, 2.05) is 24.3 Å². The molecule has 0 amide bonds. The summed E-state index contributed by atoms with van der Waals surface area (Å²) in [4.78, 5) is 0. The summed E-state index contributed by atoms with van der Waals surface area (Å²) in [5.41, 5.74) is 0. The number of benzene rings is 1. The first-order valence-electron chi connectivity index (χ1n) is 7.04. The second-order valence-corrected chi connectivity index (χ2v) is 4.33. The highest BCUT2D eigenvalue weighted by atomic mass is 16.6. The Bertz CT molecular complexity index is 334. The molecule has 1 aliphatic heterocycles. The van der Waals surface area contributed by atoms with Crippen LogP contribution in [0.1, 0.15) is 6.42 Å². The molecule has 1 aromatic carbocycles. The van der Waals surface area contributed by atoms with E-state index in [0.717, 1.165) is 17.9 Å². The summed E-state index contributed by atoms with van der Waals surface area (Å²) in [5.74, 6) is 1.52. The van der Waals surface area contributed by atoms with Crippen molar-refractivity contribution in [1.82, 2.24) is 0 Å². The molecular formula is C15H22O5. The highest BCUT2D eigenvalue weighted by molar-refractivity contribution is 5.39. The third-order valence-electron chi connectivity index (χ3n) is 2.77. The molecule has 0 spiro atoms. The Morgan fingerprint density at radius 3 is 1.70 bits per heavy atom. The van der Waals surface area contributed by atoms with Gasteiger partial charge in [0.15, 0.2) is 11.5 Å². The Morgan fingerprint density at radius 1 is 0.550 bits per heavy atom. The highest BCUT2D eigenvalue weighted by Gasteiger charge is 2.04. The number of ether oxygens (including phenoxy) is 5. The lowest BCUT2D eigenvalue weighted by Crippen LogP contribution is -2.14. The molecule has 0 saturated heterocycles. The van der Waals surface area contributed by atoms with Crippen LogP contribution in [0.4, 0.5) is 0 Å². The molecular weight excluding hydrogens is 260 g/mol. The van der Waals surface area contributed by atoms with Crippen LogP contribution in [0.2, 0.25) is 0 Å². The summed E-state index contributed by atoms with van der Waals surface area (Å²) in [7, 11) is 0. The molecule has 5 nitrogen and oxygen atoms in total. The Morgan fingerprint density at radius 2 is 1.05 bits per heavy atom. The summed E-state index contributed by atoms with van der Waals surface area (Å²) in [5, 5.41) is 0. The van der Waals surface area contributed by atoms with E-state index in [1.165, 1.54) is 0 Å². The molecule has 0 fully saturated rings. The smallest absolute Gasteiger partial charge is 0.161 e. The predicted octanol–water partition coefficient (Wildman–Crippen LogP) is 1.90. The average molecular weight is 282 g/mol. The molecule has 1 heterocycles. The van der Waals surface area contributed by atoms with E-state index in [1.54, 1.807) is 0 Å². The van der Waals surface area contributed by atoms with Crippen molar-refractivity contribution in [2.75, 3.05) is 52.9 Å². The van der Waals surface area contributed by atoms with Crippen molar-refractivity contribution < 1.29 is 23.7 Å². The molecule has 0 aliphatic carbocycles. The van der Waals surface area contributed by atoms with Gasteiger partial charge in [0.1, 0.15) is 6.61 Å². The highest BCUT2D eigenvalue weighted by Crippen LogP contribution is 2.26. The van der Waals surface area contributed by atoms with Gasteiger partial charge in [0.25, 0.3) is 0 Å². The van der Waals surface area contributed by atoms with Gasteiger partial charge in [-0.25, -0.2) is 0 Å². The van der Waals surface area contributed by atoms with Gasteiger partial charge in [0.05, 0.1) is 39.6 Å². The maximum atomic E-state index is 5.71. The van der Waals surface area contributed by atoms with Gasteiger partial charge >= 0.3 is 0 Å². The summed E-state index contributed by atoms with van der Waals surface area (Å²) in [6.07, 6.45) is 0.845. The zero-order chi connectivity index (χ0) is 13.9. The van der Waals surface area contributed by atoms with Crippen molar-refractivity contribution in [1.29, 1.82) is 0 Å². The number of para-hydroxylation sites is 2. The van der Waals surface area contributed by atoms with Gasteiger partial charge in [-0.15, -0.1) is 0 Å². The molecule has 2 rings (SSSR count). The third kappa shape index (κ3) is 5.77. The Balaban J connectivity index is 1.84. The molecule has 1 aromatic rings. The summed E-state index contributed by atoms with van der Waals surface area (Å²) in [6.45, 7) is 4.69. The number of hydrogen-bond acceptors (Lipinski definition) is 5. The van der Waals surface area contributed by atoms with Crippen molar-refractivity contribution in [3.8, 4) is 11.5 Å². The van der Waals surface area contributed by atoms with Gasteiger partial charge in [-0.1, -0.05) is 12.1 Å². The lowest BCUT2D eigenvalue weighted by atomic mass is 10.3. The van der Waals surface area contributed by atoms with Crippen LogP contribution in [0.3, 0.4) is 0 Å². The molecule has 5 heteroatoms. The fourth-order valence-corrected chi connectivity index (χ4v) is 1.78. The lowest BCUT2D eigenvalue weighted by molar-refractivity contribution is 0.00649. The monoisotopic (exact) mass is 282 g/mol. The van der Waals surface area contributed by atoms with E-state index >= 15 is 0 Å². The summed E-state index contributed by atoms with van der Waals surface area (Å²) >= 11 is 0. The van der Waals surface area contributed by atoms with Crippen molar-refractivity contribution >= 4 is 0 Å². The maximum Gasteiger partial charge on any atom is 0.161 e. The first kappa shape index (κ1) is 15.1. The van der Waals surface area contributed by atoms with Gasteiger partial charge in [-0.05, 0) is 12.1 Å². The predicted molar refractivity (Wildman–Crippen MR) is 74.5 cm³/mol. The number of hydrogen-bond donors (Lipinski definition) is 0. The van der Waals surface area contributed by atoms with E-state index in [-0.39, 0.29) is 0 Å². The number of fused-ring (bicyclic) bond motifs is 1. The van der Waals surface area contributed by atoms with Crippen LogP contribution in [-0.2, 0) is 14.2 Å². The van der Waals surface area contributed by atoms with Crippen LogP contribution >= 0.6 is 0 Å². The molecule has 0 aromatic heterocycles. The lowest BCUT2D eigenvalue weighted by Gasteiger charge is -2.13. The van der Waals surface area contributed by atoms with Gasteiger partial charge in [-0.3, -0.25) is 0 Å². The Kier molecular flexibility index (Phi) is 7.23. The van der Waals surface area contributed by atoms with E-state index in [2.05, 4.69) is 0 Å². The fourth-order valence-electron chi connectivity index (χ4n) is 1.78. The van der Waals surface area contributed by atoms with Gasteiger partial charge < -0.3 is 23.7 Å². The van der Waals surface area contributed by atoms with Crippen LogP contribution in [0.15, 0.2) is 24.3 Å². The minimum absolute atomic E-state index is 0.503. The van der Waals surface area contributed by atoms with Crippen molar-refractivity contribution in [3.63, 3.8) is 0 Å². The Labute approximate surface area is 119 Å². The standard InChI is InChI=1S/C15H22O5/c1-2-5-15-14(4-1)19-7-3-6-16-8-9-17-10-11-18-12-13-20-15/h1-2,4-5H,3,6-13H2. The zero-order valence-electron chi connectivity index (χ0n) is 11.7. The SMILES string of the molecule is c1ccc2c(c1)OCCCOCCOCCOCCO2. The maximum absolute atomic E-state index is 5.71. The second kappa shape index (κ2) is 9.58. The van der Waals surface area contributed by atoms with Crippen molar-refractivity contribution in [3.05, 3.63) is 24.3 Å².